The third-order valence-corrected chi connectivity index (χ3v) is 3.76. The van der Waals surface area contributed by atoms with E-state index in [0.717, 1.165) is 29.3 Å². The molecule has 4 heteroatoms. The van der Waals surface area contributed by atoms with Crippen LogP contribution in [0.4, 0.5) is 4.39 Å². The molecule has 1 aromatic carbocycles. The minimum absolute atomic E-state index is 0.0574. The molecular weight excluding hydrogens is 307 g/mol. The minimum Gasteiger partial charge on any atom is -0.327 e. The minimum atomic E-state index is -0.237. The summed E-state index contributed by atoms with van der Waals surface area (Å²) in [5.41, 5.74) is 8.36. The number of hydrogen-bond donors (Lipinski definition) is 1. The van der Waals surface area contributed by atoms with Gasteiger partial charge >= 0.3 is 0 Å². The smallest absolute Gasteiger partial charge is 0.124 e. The van der Waals surface area contributed by atoms with E-state index >= 15 is 0 Å². The number of hydrogen-bond acceptors (Lipinski definition) is 2. The number of halogens is 2. The summed E-state index contributed by atoms with van der Waals surface area (Å²) in [6, 6.07) is 8.76. The summed E-state index contributed by atoms with van der Waals surface area (Å²) in [6.07, 6.45) is 6.16. The summed E-state index contributed by atoms with van der Waals surface area (Å²) < 4.78 is 13.8. The molecule has 0 aliphatic heterocycles. The van der Waals surface area contributed by atoms with Crippen LogP contribution in [0.1, 0.15) is 17.5 Å². The van der Waals surface area contributed by atoms with E-state index in [2.05, 4.69) is 20.9 Å². The summed E-state index contributed by atoms with van der Waals surface area (Å²) in [7, 11) is 0. The molecule has 1 atom stereocenters. The fraction of sp³-hybridized carbons (Fsp3) is 0.267. The SMILES string of the molecule is NC(CCc1cccnc1)Cc1ccc(F)cc1Br. The highest BCUT2D eigenvalue weighted by Gasteiger charge is 2.08. The molecule has 19 heavy (non-hydrogen) atoms. The molecule has 0 fully saturated rings. The maximum absolute atomic E-state index is 13.0. The second kappa shape index (κ2) is 6.78. The van der Waals surface area contributed by atoms with Crippen molar-refractivity contribution in [3.8, 4) is 0 Å². The molecule has 1 unspecified atom stereocenters. The van der Waals surface area contributed by atoms with Crippen molar-refractivity contribution in [1.29, 1.82) is 0 Å². The van der Waals surface area contributed by atoms with Crippen molar-refractivity contribution >= 4 is 15.9 Å². The summed E-state index contributed by atoms with van der Waals surface area (Å²) in [4.78, 5) is 4.08. The van der Waals surface area contributed by atoms with Gasteiger partial charge in [-0.1, -0.05) is 28.1 Å². The summed E-state index contributed by atoms with van der Waals surface area (Å²) >= 11 is 3.37. The molecule has 0 radical (unpaired) electrons. The first-order valence-corrected chi connectivity index (χ1v) is 7.03. The number of nitrogens with zero attached hydrogens (tertiary/aromatic N) is 1. The predicted octanol–water partition coefficient (Wildman–Crippen LogP) is 3.49. The van der Waals surface area contributed by atoms with Gasteiger partial charge in [-0.2, -0.15) is 0 Å². The van der Waals surface area contributed by atoms with Gasteiger partial charge in [0.15, 0.2) is 0 Å². The molecule has 100 valence electrons. The zero-order valence-corrected chi connectivity index (χ0v) is 12.1. The van der Waals surface area contributed by atoms with Gasteiger partial charge in [0.05, 0.1) is 0 Å². The van der Waals surface area contributed by atoms with E-state index in [0.29, 0.717) is 0 Å². The highest BCUT2D eigenvalue weighted by Crippen LogP contribution is 2.20. The van der Waals surface area contributed by atoms with Crippen molar-refractivity contribution in [3.63, 3.8) is 0 Å². The molecule has 1 aromatic heterocycles. The van der Waals surface area contributed by atoms with Crippen LogP contribution in [0.25, 0.3) is 0 Å². The van der Waals surface area contributed by atoms with Crippen molar-refractivity contribution < 1.29 is 4.39 Å². The quantitative estimate of drug-likeness (QED) is 0.915. The molecule has 2 aromatic rings. The Bertz CT molecular complexity index is 531. The highest BCUT2D eigenvalue weighted by atomic mass is 79.9. The maximum atomic E-state index is 13.0. The van der Waals surface area contributed by atoms with Crippen molar-refractivity contribution in [2.45, 2.75) is 25.3 Å². The molecule has 0 spiro atoms. The van der Waals surface area contributed by atoms with Gasteiger partial charge in [-0.3, -0.25) is 4.98 Å². The van der Waals surface area contributed by atoms with Gasteiger partial charge in [-0.25, -0.2) is 4.39 Å². The first kappa shape index (κ1) is 14.2. The van der Waals surface area contributed by atoms with Crippen LogP contribution in [-0.4, -0.2) is 11.0 Å². The molecule has 2 nitrogen and oxygen atoms in total. The average Bonchev–Trinajstić information content (AvgIpc) is 2.41. The Morgan fingerprint density at radius 2 is 2.16 bits per heavy atom. The monoisotopic (exact) mass is 322 g/mol. The molecule has 0 bridgehead atoms. The van der Waals surface area contributed by atoms with E-state index < -0.39 is 0 Å². The largest absolute Gasteiger partial charge is 0.327 e. The van der Waals surface area contributed by atoms with E-state index in [4.69, 9.17) is 5.73 Å². The van der Waals surface area contributed by atoms with Crippen molar-refractivity contribution in [3.05, 3.63) is 64.1 Å². The van der Waals surface area contributed by atoms with E-state index in [1.54, 1.807) is 12.3 Å². The van der Waals surface area contributed by atoms with Crippen LogP contribution in [-0.2, 0) is 12.8 Å². The van der Waals surface area contributed by atoms with Crippen molar-refractivity contribution in [2.75, 3.05) is 0 Å². The molecular formula is C15H16BrFN2. The third kappa shape index (κ3) is 4.40. The Morgan fingerprint density at radius 1 is 1.32 bits per heavy atom. The predicted molar refractivity (Wildman–Crippen MR) is 78.3 cm³/mol. The summed E-state index contributed by atoms with van der Waals surface area (Å²) in [5.74, 6) is -0.237. The van der Waals surface area contributed by atoms with E-state index in [1.807, 2.05) is 18.3 Å². The highest BCUT2D eigenvalue weighted by molar-refractivity contribution is 9.10. The zero-order valence-electron chi connectivity index (χ0n) is 10.5. The van der Waals surface area contributed by atoms with E-state index in [1.165, 1.54) is 17.7 Å². The third-order valence-electron chi connectivity index (χ3n) is 3.02. The number of benzene rings is 1. The number of rotatable bonds is 5. The Hall–Kier alpha value is -1.26. The van der Waals surface area contributed by atoms with Gasteiger partial charge in [-0.05, 0) is 48.6 Å². The van der Waals surface area contributed by atoms with Crippen LogP contribution in [0.2, 0.25) is 0 Å². The lowest BCUT2D eigenvalue weighted by Gasteiger charge is -2.12. The van der Waals surface area contributed by atoms with Gasteiger partial charge in [0.2, 0.25) is 0 Å². The lowest BCUT2D eigenvalue weighted by atomic mass is 10.0. The van der Waals surface area contributed by atoms with Crippen molar-refractivity contribution in [2.24, 2.45) is 5.73 Å². The van der Waals surface area contributed by atoms with Crippen LogP contribution < -0.4 is 5.73 Å². The van der Waals surface area contributed by atoms with Gasteiger partial charge in [0, 0.05) is 22.9 Å². The molecule has 1 heterocycles. The van der Waals surface area contributed by atoms with Gasteiger partial charge in [0.25, 0.3) is 0 Å². The summed E-state index contributed by atoms with van der Waals surface area (Å²) in [6.45, 7) is 0. The van der Waals surface area contributed by atoms with Crippen LogP contribution >= 0.6 is 15.9 Å². The average molecular weight is 323 g/mol. The lowest BCUT2D eigenvalue weighted by molar-refractivity contribution is 0.602. The molecule has 0 amide bonds. The fourth-order valence-electron chi connectivity index (χ4n) is 1.97. The zero-order chi connectivity index (χ0) is 13.7. The lowest BCUT2D eigenvalue weighted by Crippen LogP contribution is -2.23. The Labute approximate surface area is 121 Å². The Kier molecular flexibility index (Phi) is 5.05. The van der Waals surface area contributed by atoms with Crippen LogP contribution in [0.3, 0.4) is 0 Å². The second-order valence-corrected chi connectivity index (χ2v) is 5.45. The number of pyridine rings is 1. The van der Waals surface area contributed by atoms with E-state index in [9.17, 15) is 4.39 Å². The molecule has 0 saturated heterocycles. The maximum Gasteiger partial charge on any atom is 0.124 e. The molecule has 0 aliphatic rings. The van der Waals surface area contributed by atoms with Crippen LogP contribution in [0, 0.1) is 5.82 Å². The molecule has 0 aliphatic carbocycles. The van der Waals surface area contributed by atoms with Crippen LogP contribution in [0.15, 0.2) is 47.2 Å². The molecule has 0 saturated carbocycles. The Balaban J connectivity index is 1.89. The molecule has 2 N–H and O–H groups in total. The van der Waals surface area contributed by atoms with Crippen LogP contribution in [0.5, 0.6) is 0 Å². The second-order valence-electron chi connectivity index (χ2n) is 4.60. The standard InChI is InChI=1S/C15H16BrFN2/c16-15-9-13(17)5-4-12(15)8-14(18)6-3-11-2-1-7-19-10-11/h1-2,4-5,7,9-10,14H,3,6,8,18H2. The van der Waals surface area contributed by atoms with Gasteiger partial charge < -0.3 is 5.73 Å². The number of aryl methyl sites for hydroxylation is 1. The first-order chi connectivity index (χ1) is 9.15. The molecule has 2 rings (SSSR count). The van der Waals surface area contributed by atoms with Gasteiger partial charge in [-0.15, -0.1) is 0 Å². The number of nitrogens with two attached hydrogens (primary N) is 1. The van der Waals surface area contributed by atoms with E-state index in [-0.39, 0.29) is 11.9 Å². The van der Waals surface area contributed by atoms with Crippen molar-refractivity contribution in [1.82, 2.24) is 4.98 Å². The number of aromatic nitrogens is 1. The fourth-order valence-corrected chi connectivity index (χ4v) is 2.48. The summed E-state index contributed by atoms with van der Waals surface area (Å²) in [5, 5.41) is 0. The normalized spacial score (nSPS) is 12.4. The van der Waals surface area contributed by atoms with Gasteiger partial charge in [0.1, 0.15) is 5.82 Å². The topological polar surface area (TPSA) is 38.9 Å². The Morgan fingerprint density at radius 3 is 2.84 bits per heavy atom. The first-order valence-electron chi connectivity index (χ1n) is 6.23.